The van der Waals surface area contributed by atoms with E-state index in [2.05, 4.69) is 5.32 Å². The van der Waals surface area contributed by atoms with Crippen LogP contribution in [0.3, 0.4) is 0 Å². The average molecular weight is 270 g/mol. The van der Waals surface area contributed by atoms with E-state index in [-0.39, 0.29) is 24.9 Å². The van der Waals surface area contributed by atoms with Gasteiger partial charge < -0.3 is 15.5 Å². The second-order valence-corrected chi connectivity index (χ2v) is 4.49. The van der Waals surface area contributed by atoms with Crippen LogP contribution < -0.4 is 5.32 Å². The minimum Gasteiger partial charge on any atom is -0.394 e. The first-order valence-corrected chi connectivity index (χ1v) is 5.93. The van der Waals surface area contributed by atoms with E-state index in [4.69, 9.17) is 10.2 Å². The summed E-state index contributed by atoms with van der Waals surface area (Å²) in [7, 11) is 3.45. The Kier molecular flexibility index (Phi) is 5.88. The highest BCUT2D eigenvalue weighted by molar-refractivity contribution is 5.83. The summed E-state index contributed by atoms with van der Waals surface area (Å²) in [6.07, 6.45) is 0. The topological polar surface area (TPSA) is 72.8 Å². The Bertz CT molecular complexity index is 405. The Hall–Kier alpha value is -1.50. The summed E-state index contributed by atoms with van der Waals surface area (Å²) in [6, 6.07) is 4.33. The highest BCUT2D eigenvalue weighted by Crippen LogP contribution is 2.19. The van der Waals surface area contributed by atoms with Crippen LogP contribution >= 0.6 is 0 Å². The van der Waals surface area contributed by atoms with Gasteiger partial charge in [-0.15, -0.1) is 0 Å². The van der Waals surface area contributed by atoms with E-state index < -0.39 is 12.1 Å². The Morgan fingerprint density at radius 3 is 2.21 bits per heavy atom. The number of halogens is 1. The van der Waals surface area contributed by atoms with Gasteiger partial charge in [-0.25, -0.2) is 4.39 Å². The zero-order chi connectivity index (χ0) is 14.4. The van der Waals surface area contributed by atoms with Crippen molar-refractivity contribution in [3.8, 4) is 0 Å². The Balaban J connectivity index is 2.88. The van der Waals surface area contributed by atoms with Gasteiger partial charge in [0.25, 0.3) is 0 Å². The maximum Gasteiger partial charge on any atom is 0.242 e. The highest BCUT2D eigenvalue weighted by atomic mass is 19.1. The second kappa shape index (κ2) is 7.18. The number of nitrogens with zero attached hydrogens (tertiary/aromatic N) is 1. The van der Waals surface area contributed by atoms with E-state index in [0.29, 0.717) is 5.56 Å². The van der Waals surface area contributed by atoms with Gasteiger partial charge in [0.1, 0.15) is 11.9 Å². The normalized spacial score (nSPS) is 12.8. The van der Waals surface area contributed by atoms with Crippen LogP contribution in [-0.4, -0.2) is 54.4 Å². The Labute approximate surface area is 111 Å². The van der Waals surface area contributed by atoms with Crippen molar-refractivity contribution in [1.29, 1.82) is 0 Å². The maximum atomic E-state index is 12.9. The summed E-state index contributed by atoms with van der Waals surface area (Å²) in [5, 5.41) is 20.5. The third kappa shape index (κ3) is 4.27. The number of amides is 1. The molecule has 0 aromatic heterocycles. The van der Waals surface area contributed by atoms with Crippen molar-refractivity contribution in [3.05, 3.63) is 35.6 Å². The van der Waals surface area contributed by atoms with Gasteiger partial charge in [0, 0.05) is 0 Å². The molecular formula is C13H19FN2O3. The summed E-state index contributed by atoms with van der Waals surface area (Å²) >= 11 is 0. The first-order chi connectivity index (χ1) is 8.99. The number of hydrogen-bond acceptors (Lipinski definition) is 4. The van der Waals surface area contributed by atoms with Gasteiger partial charge in [-0.05, 0) is 31.8 Å². The molecule has 0 unspecified atom stereocenters. The van der Waals surface area contributed by atoms with Crippen LogP contribution in [0, 0.1) is 5.82 Å². The van der Waals surface area contributed by atoms with E-state index in [1.54, 1.807) is 19.0 Å². The number of aliphatic hydroxyl groups is 2. The monoisotopic (exact) mass is 270 g/mol. The zero-order valence-electron chi connectivity index (χ0n) is 11.0. The lowest BCUT2D eigenvalue weighted by atomic mass is 10.0. The van der Waals surface area contributed by atoms with Crippen molar-refractivity contribution in [2.75, 3.05) is 27.3 Å². The minimum absolute atomic E-state index is 0.341. The maximum absolute atomic E-state index is 12.9. The van der Waals surface area contributed by atoms with Crippen LogP contribution in [0.2, 0.25) is 0 Å². The van der Waals surface area contributed by atoms with E-state index >= 15 is 0 Å². The summed E-state index contributed by atoms with van der Waals surface area (Å²) in [5.74, 6) is -0.727. The fourth-order valence-corrected chi connectivity index (χ4v) is 1.76. The van der Waals surface area contributed by atoms with Gasteiger partial charge >= 0.3 is 0 Å². The van der Waals surface area contributed by atoms with Crippen molar-refractivity contribution in [3.63, 3.8) is 0 Å². The van der Waals surface area contributed by atoms with Gasteiger partial charge in [0.2, 0.25) is 5.91 Å². The summed E-state index contributed by atoms with van der Waals surface area (Å²) < 4.78 is 12.9. The number of hydrogen-bond donors (Lipinski definition) is 3. The van der Waals surface area contributed by atoms with Gasteiger partial charge in [0.05, 0.1) is 19.3 Å². The van der Waals surface area contributed by atoms with Crippen molar-refractivity contribution in [1.82, 2.24) is 10.2 Å². The molecule has 19 heavy (non-hydrogen) atoms. The molecule has 0 spiro atoms. The third-order valence-corrected chi connectivity index (χ3v) is 2.74. The van der Waals surface area contributed by atoms with Crippen molar-refractivity contribution in [2.24, 2.45) is 0 Å². The van der Waals surface area contributed by atoms with E-state index in [1.807, 2.05) is 0 Å². The first-order valence-electron chi connectivity index (χ1n) is 5.93. The fraction of sp³-hybridized carbons (Fsp3) is 0.462. The number of carbonyl (C=O) groups is 1. The zero-order valence-corrected chi connectivity index (χ0v) is 11.0. The van der Waals surface area contributed by atoms with Gasteiger partial charge in [-0.2, -0.15) is 0 Å². The second-order valence-electron chi connectivity index (χ2n) is 4.49. The van der Waals surface area contributed by atoms with Gasteiger partial charge in [-0.1, -0.05) is 12.1 Å². The molecule has 0 radical (unpaired) electrons. The number of benzene rings is 1. The lowest BCUT2D eigenvalue weighted by Gasteiger charge is -2.25. The van der Waals surface area contributed by atoms with Crippen LogP contribution in [0.15, 0.2) is 24.3 Å². The molecule has 106 valence electrons. The van der Waals surface area contributed by atoms with Crippen LogP contribution in [0.25, 0.3) is 0 Å². The standard InChI is InChI=1S/C13H19FN2O3/c1-16(2)12(9-3-5-10(14)6-4-9)13(19)15-11(7-17)8-18/h3-6,11-12,17-18H,7-8H2,1-2H3,(H,15,19)/t12-/m1/s1. The molecule has 1 rings (SSSR count). The lowest BCUT2D eigenvalue weighted by molar-refractivity contribution is -0.127. The predicted octanol–water partition coefficient (Wildman–Crippen LogP) is -0.102. The van der Waals surface area contributed by atoms with Crippen LogP contribution in [-0.2, 0) is 4.79 Å². The minimum atomic E-state index is -0.699. The molecule has 0 fully saturated rings. The predicted molar refractivity (Wildman–Crippen MR) is 68.9 cm³/mol. The lowest BCUT2D eigenvalue weighted by Crippen LogP contribution is -2.45. The van der Waals surface area contributed by atoms with Crippen molar-refractivity contribution in [2.45, 2.75) is 12.1 Å². The Morgan fingerprint density at radius 1 is 1.26 bits per heavy atom. The number of rotatable bonds is 6. The number of carbonyl (C=O) groups excluding carboxylic acids is 1. The third-order valence-electron chi connectivity index (χ3n) is 2.74. The quantitative estimate of drug-likeness (QED) is 0.675. The highest BCUT2D eigenvalue weighted by Gasteiger charge is 2.24. The molecule has 1 aromatic rings. The molecule has 6 heteroatoms. The molecule has 0 saturated carbocycles. The smallest absolute Gasteiger partial charge is 0.242 e. The molecule has 3 N–H and O–H groups in total. The molecule has 0 bridgehead atoms. The number of nitrogens with one attached hydrogen (secondary N) is 1. The number of likely N-dealkylation sites (N-methyl/N-ethyl adjacent to an activating group) is 1. The molecule has 0 saturated heterocycles. The van der Waals surface area contributed by atoms with Crippen LogP contribution in [0.5, 0.6) is 0 Å². The fourth-order valence-electron chi connectivity index (χ4n) is 1.76. The van der Waals surface area contributed by atoms with Crippen molar-refractivity contribution < 1.29 is 19.4 Å². The van der Waals surface area contributed by atoms with Gasteiger partial charge in [-0.3, -0.25) is 9.69 Å². The van der Waals surface area contributed by atoms with Gasteiger partial charge in [0.15, 0.2) is 0 Å². The molecule has 1 aromatic carbocycles. The summed E-state index contributed by atoms with van der Waals surface area (Å²) in [5.41, 5.74) is 0.638. The van der Waals surface area contributed by atoms with E-state index in [9.17, 15) is 9.18 Å². The van der Waals surface area contributed by atoms with E-state index in [0.717, 1.165) is 0 Å². The largest absolute Gasteiger partial charge is 0.394 e. The molecule has 0 aliphatic heterocycles. The molecule has 0 heterocycles. The molecular weight excluding hydrogens is 251 g/mol. The molecule has 1 amide bonds. The van der Waals surface area contributed by atoms with E-state index in [1.165, 1.54) is 24.3 Å². The molecule has 0 aliphatic rings. The van der Waals surface area contributed by atoms with Crippen LogP contribution in [0.1, 0.15) is 11.6 Å². The van der Waals surface area contributed by atoms with Crippen LogP contribution in [0.4, 0.5) is 4.39 Å². The first kappa shape index (κ1) is 15.6. The summed E-state index contributed by atoms with van der Waals surface area (Å²) in [4.78, 5) is 13.8. The SMILES string of the molecule is CN(C)[C@@H](C(=O)NC(CO)CO)c1ccc(F)cc1. The molecule has 0 aliphatic carbocycles. The number of aliphatic hydroxyl groups excluding tert-OH is 2. The molecule has 1 atom stereocenters. The van der Waals surface area contributed by atoms with Crippen molar-refractivity contribution >= 4 is 5.91 Å². The average Bonchev–Trinajstić information content (AvgIpc) is 2.38. The Morgan fingerprint density at radius 2 is 1.79 bits per heavy atom. The molecule has 5 nitrogen and oxygen atoms in total. The summed E-state index contributed by atoms with van der Waals surface area (Å²) in [6.45, 7) is -0.683.